The van der Waals surface area contributed by atoms with Crippen LogP contribution in [0.25, 0.3) is 11.4 Å². The van der Waals surface area contributed by atoms with Crippen LogP contribution in [-0.4, -0.2) is 63.5 Å². The van der Waals surface area contributed by atoms with Crippen molar-refractivity contribution in [1.82, 2.24) is 39.9 Å². The predicted octanol–water partition coefficient (Wildman–Crippen LogP) is 21.4. The fourth-order valence-corrected chi connectivity index (χ4v) is 13.4. The summed E-state index contributed by atoms with van der Waals surface area (Å²) < 4.78 is 38.4. The second-order valence-electron chi connectivity index (χ2n) is 31.0. The molecule has 16 N–H and O–H groups in total. The molecular formula is C102H98ClF3N20O4. The number of nitrogens with two attached hydrogens (primary N) is 4. The number of anilines is 12. The summed E-state index contributed by atoms with van der Waals surface area (Å²) in [7, 11) is 0. The van der Waals surface area contributed by atoms with Crippen molar-refractivity contribution in [2.75, 3.05) is 65.5 Å². The third-order valence-electron chi connectivity index (χ3n) is 20.5. The normalized spacial score (nSPS) is 11.2. The minimum Gasteiger partial charge on any atom is -0.399 e. The molecule has 1 fully saturated rings. The van der Waals surface area contributed by atoms with E-state index < -0.39 is 11.7 Å². The van der Waals surface area contributed by atoms with Crippen LogP contribution in [0.3, 0.4) is 0 Å². The summed E-state index contributed by atoms with van der Waals surface area (Å²) in [4.78, 5) is 86.2. The van der Waals surface area contributed by atoms with Gasteiger partial charge in [0.2, 0.25) is 0 Å². The van der Waals surface area contributed by atoms with E-state index in [0.717, 1.165) is 97.1 Å². The lowest BCUT2D eigenvalue weighted by molar-refractivity contribution is -0.137. The van der Waals surface area contributed by atoms with E-state index in [1.54, 1.807) is 80.5 Å². The number of halogens is 4. The van der Waals surface area contributed by atoms with Crippen LogP contribution in [0.4, 0.5) is 81.4 Å². The molecule has 0 atom stereocenters. The lowest BCUT2D eigenvalue weighted by Crippen LogP contribution is -2.14. The number of nitrogens with one attached hydrogen (secondary N) is 8. The quantitative estimate of drug-likeness (QED) is 0.0203. The van der Waals surface area contributed by atoms with Gasteiger partial charge in [0.1, 0.15) is 23.3 Å². The average molecular weight is 1760 g/mol. The highest BCUT2D eigenvalue weighted by Crippen LogP contribution is 2.37. The molecule has 4 aromatic heterocycles. The molecule has 1 saturated carbocycles. The number of hydrogen-bond acceptors (Lipinski definition) is 20. The Morgan fingerprint density at radius 2 is 0.646 bits per heavy atom. The molecule has 658 valence electrons. The van der Waals surface area contributed by atoms with E-state index in [2.05, 4.69) is 109 Å². The van der Waals surface area contributed by atoms with Gasteiger partial charge in [0.05, 0.1) is 77.9 Å². The molecule has 0 unspecified atom stereocenters. The molecule has 10 aromatic carbocycles. The van der Waals surface area contributed by atoms with Gasteiger partial charge in [0.15, 0.2) is 0 Å². The summed E-state index contributed by atoms with van der Waals surface area (Å²) in [6, 6.07) is 64.6. The lowest BCUT2D eigenvalue weighted by Gasteiger charge is -2.14. The number of nitrogens with zero attached hydrogens (tertiary/aromatic N) is 8. The Hall–Kier alpha value is -16.2. The van der Waals surface area contributed by atoms with Crippen molar-refractivity contribution in [3.05, 3.63) is 417 Å². The highest BCUT2D eigenvalue weighted by Gasteiger charge is 2.30. The fraction of sp³-hybridized carbons (Fsp3) is 0.137. The Kier molecular flexibility index (Phi) is 31.2. The molecule has 0 saturated heterocycles. The first-order valence-corrected chi connectivity index (χ1v) is 41.8. The first-order valence-electron chi connectivity index (χ1n) is 41.4. The van der Waals surface area contributed by atoms with Crippen LogP contribution >= 0.6 is 11.6 Å². The van der Waals surface area contributed by atoms with Crippen molar-refractivity contribution in [3.63, 3.8) is 0 Å². The number of aromatic nitrogens is 8. The number of hydrogen-bond donors (Lipinski definition) is 12. The molecule has 0 radical (unpaired) electrons. The summed E-state index contributed by atoms with van der Waals surface area (Å²) in [5.74, 6) is 2.11. The summed E-state index contributed by atoms with van der Waals surface area (Å²) in [5.41, 5.74) is 44.3. The van der Waals surface area contributed by atoms with Crippen LogP contribution in [-0.2, 0) is 31.9 Å². The molecule has 15 rings (SSSR count). The van der Waals surface area contributed by atoms with E-state index >= 15 is 0 Å². The number of allylic oxidation sites excluding steroid dienone is 2. The minimum absolute atomic E-state index is 0.194. The van der Waals surface area contributed by atoms with Gasteiger partial charge < -0.3 is 65.5 Å². The maximum Gasteiger partial charge on any atom is 0.416 e. The number of benzene rings is 10. The monoisotopic (exact) mass is 1760 g/mol. The molecule has 1 aliphatic carbocycles. The van der Waals surface area contributed by atoms with Gasteiger partial charge in [0, 0.05) is 121 Å². The van der Waals surface area contributed by atoms with E-state index in [0.29, 0.717) is 150 Å². The van der Waals surface area contributed by atoms with E-state index in [-0.39, 0.29) is 23.6 Å². The number of alkyl halides is 3. The van der Waals surface area contributed by atoms with Gasteiger partial charge in [-0.1, -0.05) is 142 Å². The van der Waals surface area contributed by atoms with Gasteiger partial charge in [-0.2, -0.15) is 13.2 Å². The first kappa shape index (κ1) is 93.0. The van der Waals surface area contributed by atoms with Crippen molar-refractivity contribution in [1.29, 1.82) is 0 Å². The molecule has 130 heavy (non-hydrogen) atoms. The average Bonchev–Trinajstić information content (AvgIpc) is 0.876. The maximum absolute atomic E-state index is 13.0. The van der Waals surface area contributed by atoms with Crippen molar-refractivity contribution >= 4 is 115 Å². The maximum atomic E-state index is 13.0. The van der Waals surface area contributed by atoms with Gasteiger partial charge in [-0.15, -0.1) is 0 Å². The number of carbonyl (C=O) groups is 4. The molecule has 28 heteroatoms. The Bertz CT molecular complexity index is 6450. The minimum atomic E-state index is -4.41. The highest BCUT2D eigenvalue weighted by atomic mass is 35.5. The van der Waals surface area contributed by atoms with Crippen LogP contribution in [0.5, 0.6) is 0 Å². The molecule has 0 spiro atoms. The first-order chi connectivity index (χ1) is 62.4. The predicted molar refractivity (Wildman–Crippen MR) is 516 cm³/mol. The zero-order chi connectivity index (χ0) is 92.5. The van der Waals surface area contributed by atoms with Crippen molar-refractivity contribution < 1.29 is 32.3 Å². The van der Waals surface area contributed by atoms with Crippen LogP contribution in [0.1, 0.15) is 152 Å². The zero-order valence-corrected chi connectivity index (χ0v) is 73.0. The van der Waals surface area contributed by atoms with Crippen LogP contribution in [0, 0.1) is 33.6 Å². The Balaban J connectivity index is 0.000000158. The van der Waals surface area contributed by atoms with Gasteiger partial charge in [-0.25, -0.2) is 39.9 Å². The summed E-state index contributed by atoms with van der Waals surface area (Å²) >= 11 is 6.08. The molecule has 0 bridgehead atoms. The van der Waals surface area contributed by atoms with Gasteiger partial charge in [-0.05, 0) is 230 Å². The summed E-state index contributed by atoms with van der Waals surface area (Å²) in [6.07, 6.45) is 13.7. The van der Waals surface area contributed by atoms with Crippen LogP contribution < -0.4 is 65.5 Å². The van der Waals surface area contributed by atoms with Gasteiger partial charge in [0.25, 0.3) is 23.6 Å². The van der Waals surface area contributed by atoms with E-state index in [9.17, 15) is 32.3 Å². The van der Waals surface area contributed by atoms with Crippen LogP contribution in [0.2, 0.25) is 5.02 Å². The van der Waals surface area contributed by atoms with Crippen molar-refractivity contribution in [3.8, 4) is 0 Å². The topological polar surface area (TPSA) is 372 Å². The molecule has 24 nitrogen and oxygen atoms in total. The Morgan fingerprint density at radius 3 is 0.931 bits per heavy atom. The van der Waals surface area contributed by atoms with Gasteiger partial charge in [-0.3, -0.25) is 19.2 Å². The number of carbonyl (C=O) groups excluding carboxylic acids is 4. The second kappa shape index (κ2) is 43.6. The van der Waals surface area contributed by atoms with E-state index in [1.165, 1.54) is 37.4 Å². The standard InChI is InChI=1S/C28H24F3N5O.C27H24ClN5O.C24H25N5O.C23H25N5O/c1-17-6-11-23(35-18(2)20-7-9-21(10-8-20)28(29,30)31)14-25(17)27(37)36-24-15-33-26(34-16-24)13-19-4-3-5-22(32)12-19;1-17-9-10-23(32-18(2)20-6-4-7-21(28)13-20)14-25(17)27(34)33-24-15-30-26(31-16-24)12-19-5-3-8-22(29)11-19;1-15-6-9-20(28-16(2)18-7-8-18)12-22(15)24(30)29-21-13-26-23(27-14-21)11-17-4-3-5-19(25)10-17;1-4-16(3)27-19-9-8-15(2)21(12-19)23(29)28-20-13-25-22(26-14-20)11-17-6-5-7-18(24)10-17/h3-12,14-16,35H,2,13,32H2,1H3,(H,36,37);3-11,13-16,32H,2,12,29H2,1H3,(H,33,34);3-6,9-10,12-14,18,28H,2,7-8,11,25H2,1H3,(H,29,30);5-10,12-14,27H,3-4,11,24H2,1-2H3,(H,28,29). The Labute approximate surface area is 757 Å². The lowest BCUT2D eigenvalue weighted by atomic mass is 10.1. The van der Waals surface area contributed by atoms with E-state index in [4.69, 9.17) is 34.5 Å². The highest BCUT2D eigenvalue weighted by molar-refractivity contribution is 6.30. The second-order valence-corrected chi connectivity index (χ2v) is 31.4. The van der Waals surface area contributed by atoms with Crippen molar-refractivity contribution in [2.24, 2.45) is 5.92 Å². The van der Waals surface area contributed by atoms with Crippen molar-refractivity contribution in [2.45, 2.75) is 85.7 Å². The number of nitrogen functional groups attached to an aromatic ring is 4. The summed E-state index contributed by atoms with van der Waals surface area (Å²) in [5, 5.41) is 24.8. The largest absolute Gasteiger partial charge is 0.416 e. The molecule has 4 amide bonds. The molecule has 0 aliphatic heterocycles. The zero-order valence-electron chi connectivity index (χ0n) is 72.3. The van der Waals surface area contributed by atoms with Crippen LogP contribution in [0.15, 0.2) is 306 Å². The number of aryl methyl sites for hydroxylation is 4. The van der Waals surface area contributed by atoms with E-state index in [1.807, 2.05) is 185 Å². The fourth-order valence-electron chi connectivity index (χ4n) is 13.2. The SMILES string of the molecule is C=C(CC)Nc1ccc(C)c(C(=O)Nc2cnc(Cc3cccc(N)c3)nc2)c1.C=C(Nc1ccc(C)c(C(=O)Nc2cnc(Cc3cccc(N)c3)nc2)c1)C1CC1.C=C(Nc1ccc(C)c(C(=O)Nc2cnc(Cc3cccc(N)c3)nc2)c1)c1ccc(C(F)(F)F)cc1.C=C(Nc1ccc(C)c(C(=O)Nc2cnc(Cc3cccc(N)c3)nc2)c1)c1cccc(Cl)c1. The Morgan fingerprint density at radius 1 is 0.354 bits per heavy atom. The third-order valence-corrected chi connectivity index (χ3v) is 20.7. The molecular weight excluding hydrogens is 1660 g/mol. The molecule has 1 aliphatic rings. The third kappa shape index (κ3) is 27.7. The van der Waals surface area contributed by atoms with Gasteiger partial charge >= 0.3 is 6.18 Å². The number of amides is 4. The molecule has 14 aromatic rings. The summed E-state index contributed by atoms with van der Waals surface area (Å²) in [6.45, 7) is 25.5. The smallest absolute Gasteiger partial charge is 0.399 e. The molecule has 4 heterocycles. The number of rotatable bonds is 28.